The highest BCUT2D eigenvalue weighted by Crippen LogP contribution is 2.30. The smallest absolute Gasteiger partial charge is 0.218 e. The van der Waals surface area contributed by atoms with Crippen molar-refractivity contribution in [2.75, 3.05) is 0 Å². The number of rotatable bonds is 2. The van der Waals surface area contributed by atoms with Gasteiger partial charge in [-0.1, -0.05) is 23.2 Å². The molecule has 0 saturated carbocycles. The second kappa shape index (κ2) is 5.00. The van der Waals surface area contributed by atoms with Crippen molar-refractivity contribution in [2.45, 2.75) is 6.61 Å². The molecule has 1 aromatic carbocycles. The maximum Gasteiger partial charge on any atom is 0.218 e. The van der Waals surface area contributed by atoms with Crippen LogP contribution in [0.3, 0.4) is 0 Å². The molecule has 2 nitrogen and oxygen atoms in total. The number of pyridine rings is 1. The number of aliphatic hydroxyl groups is 1. The van der Waals surface area contributed by atoms with Gasteiger partial charge in [-0.3, -0.25) is 0 Å². The van der Waals surface area contributed by atoms with Crippen molar-refractivity contribution in [1.29, 1.82) is 0 Å². The summed E-state index contributed by atoms with van der Waals surface area (Å²) < 4.78 is 13.1. The lowest BCUT2D eigenvalue weighted by molar-refractivity contribution is 0.274. The maximum absolute atomic E-state index is 13.1. The zero-order valence-electron chi connectivity index (χ0n) is 8.62. The van der Waals surface area contributed by atoms with E-state index >= 15 is 0 Å². The van der Waals surface area contributed by atoms with Crippen LogP contribution >= 0.6 is 23.2 Å². The first-order valence-corrected chi connectivity index (χ1v) is 5.58. The molecule has 0 radical (unpaired) electrons. The Labute approximate surface area is 108 Å². The average molecular weight is 272 g/mol. The molecule has 1 N–H and O–H groups in total. The van der Waals surface area contributed by atoms with Gasteiger partial charge in [0.25, 0.3) is 0 Å². The summed E-state index contributed by atoms with van der Waals surface area (Å²) in [6, 6.07) is 6.48. The summed E-state index contributed by atoms with van der Waals surface area (Å²) in [6.45, 7) is -0.412. The van der Waals surface area contributed by atoms with E-state index in [2.05, 4.69) is 4.98 Å². The van der Waals surface area contributed by atoms with Crippen LogP contribution in [0.25, 0.3) is 11.1 Å². The number of nitrogens with zero attached hydrogens (tertiary/aromatic N) is 1. The van der Waals surface area contributed by atoms with E-state index in [4.69, 9.17) is 28.3 Å². The van der Waals surface area contributed by atoms with E-state index in [0.717, 1.165) is 0 Å². The Hall–Kier alpha value is -1.16. The number of halogens is 3. The van der Waals surface area contributed by atoms with E-state index in [1.165, 1.54) is 12.3 Å². The number of hydrogen-bond donors (Lipinski definition) is 1. The Morgan fingerprint density at radius 3 is 2.71 bits per heavy atom. The van der Waals surface area contributed by atoms with E-state index in [1.807, 2.05) is 0 Å². The van der Waals surface area contributed by atoms with Gasteiger partial charge in [0.05, 0.1) is 6.61 Å². The fourth-order valence-corrected chi connectivity index (χ4v) is 1.87. The largest absolute Gasteiger partial charge is 0.392 e. The van der Waals surface area contributed by atoms with Crippen LogP contribution in [-0.4, -0.2) is 10.1 Å². The second-order valence-electron chi connectivity index (χ2n) is 3.46. The third-order valence-corrected chi connectivity index (χ3v) is 2.89. The number of benzene rings is 1. The summed E-state index contributed by atoms with van der Waals surface area (Å²) in [7, 11) is 0. The molecule has 0 fully saturated rings. The van der Waals surface area contributed by atoms with Crippen molar-refractivity contribution in [2.24, 2.45) is 0 Å². The molecule has 0 saturated heterocycles. The fraction of sp³-hybridized carbons (Fsp3) is 0.0833. The average Bonchev–Trinajstić information content (AvgIpc) is 2.33. The lowest BCUT2D eigenvalue weighted by atomic mass is 10.1. The maximum atomic E-state index is 13.1. The normalized spacial score (nSPS) is 10.6. The Morgan fingerprint density at radius 2 is 2.00 bits per heavy atom. The number of hydrogen-bond acceptors (Lipinski definition) is 2. The molecule has 0 amide bonds. The molecule has 2 rings (SSSR count). The molecule has 0 aliphatic carbocycles. The first-order chi connectivity index (χ1) is 8.11. The van der Waals surface area contributed by atoms with Crippen LogP contribution in [0, 0.1) is 5.95 Å². The highest BCUT2D eigenvalue weighted by Gasteiger charge is 2.09. The van der Waals surface area contributed by atoms with Crippen molar-refractivity contribution in [3.8, 4) is 11.1 Å². The molecule has 88 valence electrons. The van der Waals surface area contributed by atoms with Gasteiger partial charge in [0.15, 0.2) is 0 Å². The van der Waals surface area contributed by atoms with E-state index in [0.29, 0.717) is 21.2 Å². The highest BCUT2D eigenvalue weighted by molar-refractivity contribution is 6.35. The molecule has 0 aliphatic rings. The van der Waals surface area contributed by atoms with Gasteiger partial charge in [-0.25, -0.2) is 4.98 Å². The molecule has 2 aromatic rings. The summed E-state index contributed by atoms with van der Waals surface area (Å²) in [5, 5.41) is 9.99. The van der Waals surface area contributed by atoms with Gasteiger partial charge in [-0.2, -0.15) is 4.39 Å². The first kappa shape index (κ1) is 12.3. The van der Waals surface area contributed by atoms with Crippen LogP contribution in [0.1, 0.15) is 5.56 Å². The van der Waals surface area contributed by atoms with Gasteiger partial charge in [-0.05, 0) is 24.3 Å². The molecule has 1 heterocycles. The predicted molar refractivity (Wildman–Crippen MR) is 65.6 cm³/mol. The van der Waals surface area contributed by atoms with Gasteiger partial charge in [0, 0.05) is 32.9 Å². The predicted octanol–water partition coefficient (Wildman–Crippen LogP) is 3.69. The Kier molecular flexibility index (Phi) is 3.62. The Balaban J connectivity index is 2.56. The van der Waals surface area contributed by atoms with Gasteiger partial charge in [-0.15, -0.1) is 0 Å². The summed E-state index contributed by atoms with van der Waals surface area (Å²) >= 11 is 11.9. The van der Waals surface area contributed by atoms with Crippen LogP contribution < -0.4 is 0 Å². The van der Waals surface area contributed by atoms with Crippen LogP contribution in [0.2, 0.25) is 10.0 Å². The summed E-state index contributed by atoms with van der Waals surface area (Å²) in [6.07, 6.45) is 1.35. The molecule has 0 aliphatic heterocycles. The Bertz CT molecular complexity index is 560. The first-order valence-electron chi connectivity index (χ1n) is 4.82. The summed E-state index contributed by atoms with van der Waals surface area (Å²) in [5.41, 5.74) is 1.39. The molecule has 1 aromatic heterocycles. The van der Waals surface area contributed by atoms with Gasteiger partial charge < -0.3 is 5.11 Å². The van der Waals surface area contributed by atoms with Crippen molar-refractivity contribution in [3.05, 3.63) is 52.0 Å². The van der Waals surface area contributed by atoms with Crippen molar-refractivity contribution in [1.82, 2.24) is 4.98 Å². The topological polar surface area (TPSA) is 33.1 Å². The van der Waals surface area contributed by atoms with E-state index < -0.39 is 12.6 Å². The van der Waals surface area contributed by atoms with E-state index in [1.54, 1.807) is 18.2 Å². The van der Waals surface area contributed by atoms with Crippen LogP contribution in [0.5, 0.6) is 0 Å². The van der Waals surface area contributed by atoms with Gasteiger partial charge in [0.1, 0.15) is 0 Å². The minimum absolute atomic E-state index is 0.124. The molecular formula is C12H8Cl2FNO. The summed E-state index contributed by atoms with van der Waals surface area (Å²) in [4.78, 5) is 3.57. The van der Waals surface area contributed by atoms with Crippen molar-refractivity contribution in [3.63, 3.8) is 0 Å². The molecule has 0 spiro atoms. The van der Waals surface area contributed by atoms with E-state index in [-0.39, 0.29) is 5.56 Å². The summed E-state index contributed by atoms with van der Waals surface area (Å²) in [5.74, 6) is -0.686. The van der Waals surface area contributed by atoms with Gasteiger partial charge in [0.2, 0.25) is 5.95 Å². The fourth-order valence-electron chi connectivity index (χ4n) is 1.47. The minimum atomic E-state index is -0.686. The lowest BCUT2D eigenvalue weighted by Crippen LogP contribution is -1.94. The minimum Gasteiger partial charge on any atom is -0.392 e. The third-order valence-electron chi connectivity index (χ3n) is 2.32. The van der Waals surface area contributed by atoms with Gasteiger partial charge >= 0.3 is 0 Å². The number of aliphatic hydroxyl groups excluding tert-OH is 1. The monoisotopic (exact) mass is 271 g/mol. The van der Waals surface area contributed by atoms with E-state index in [9.17, 15) is 4.39 Å². The zero-order chi connectivity index (χ0) is 12.4. The second-order valence-corrected chi connectivity index (χ2v) is 4.30. The molecule has 0 atom stereocenters. The molecule has 17 heavy (non-hydrogen) atoms. The standard InChI is InChI=1S/C12H8Cl2FNO/c13-9-1-2-11(14)10(4-9)7-3-8(6-17)12(15)16-5-7/h1-5,17H,6H2. The molecular weight excluding hydrogens is 264 g/mol. The SMILES string of the molecule is OCc1cc(-c2cc(Cl)ccc2Cl)cnc1F. The van der Waals surface area contributed by atoms with Crippen molar-refractivity contribution < 1.29 is 9.50 Å². The highest BCUT2D eigenvalue weighted by atomic mass is 35.5. The molecule has 5 heteroatoms. The molecule has 0 unspecified atom stereocenters. The third kappa shape index (κ3) is 2.57. The number of aromatic nitrogens is 1. The zero-order valence-corrected chi connectivity index (χ0v) is 10.1. The van der Waals surface area contributed by atoms with Crippen LogP contribution in [0.4, 0.5) is 4.39 Å². The van der Waals surface area contributed by atoms with Crippen LogP contribution in [-0.2, 0) is 6.61 Å². The quantitative estimate of drug-likeness (QED) is 0.846. The Morgan fingerprint density at radius 1 is 1.24 bits per heavy atom. The van der Waals surface area contributed by atoms with Crippen molar-refractivity contribution >= 4 is 23.2 Å². The molecule has 0 bridgehead atoms. The lowest BCUT2D eigenvalue weighted by Gasteiger charge is -2.06. The van der Waals surface area contributed by atoms with Crippen LogP contribution in [0.15, 0.2) is 30.5 Å².